The van der Waals surface area contributed by atoms with Crippen LogP contribution in [0.3, 0.4) is 0 Å². The highest BCUT2D eigenvalue weighted by Gasteiger charge is 2.34. The Morgan fingerprint density at radius 2 is 2.19 bits per heavy atom. The smallest absolute Gasteiger partial charge is 0.259 e. The zero-order valence-electron chi connectivity index (χ0n) is 17.9. The van der Waals surface area contributed by atoms with Crippen molar-refractivity contribution in [3.05, 3.63) is 52.4 Å². The summed E-state index contributed by atoms with van der Waals surface area (Å²) in [7, 11) is 1.73. The van der Waals surface area contributed by atoms with E-state index in [2.05, 4.69) is 25.9 Å². The molecule has 31 heavy (non-hydrogen) atoms. The van der Waals surface area contributed by atoms with E-state index in [9.17, 15) is 14.7 Å². The molecule has 1 aliphatic heterocycles. The third-order valence-corrected chi connectivity index (χ3v) is 5.86. The average Bonchev–Trinajstić information content (AvgIpc) is 2.76. The molecule has 0 saturated heterocycles. The zero-order chi connectivity index (χ0) is 22.5. The van der Waals surface area contributed by atoms with Crippen molar-refractivity contribution in [2.24, 2.45) is 5.92 Å². The van der Waals surface area contributed by atoms with E-state index in [1.165, 1.54) is 0 Å². The van der Waals surface area contributed by atoms with E-state index in [0.717, 1.165) is 0 Å². The maximum absolute atomic E-state index is 13.1. The van der Waals surface area contributed by atoms with Crippen molar-refractivity contribution < 1.29 is 19.4 Å². The molecule has 3 rings (SSSR count). The van der Waals surface area contributed by atoms with E-state index in [4.69, 9.17) is 4.74 Å². The van der Waals surface area contributed by atoms with E-state index in [-0.39, 0.29) is 48.8 Å². The zero-order valence-corrected chi connectivity index (χ0v) is 19.4. The molecule has 1 N–H and O–H groups in total. The van der Waals surface area contributed by atoms with Gasteiger partial charge in [-0.25, -0.2) is 4.98 Å². The number of aliphatic hydroxyl groups is 1. The van der Waals surface area contributed by atoms with Crippen molar-refractivity contribution >= 4 is 27.7 Å². The Balaban J connectivity index is 1.83. The summed E-state index contributed by atoms with van der Waals surface area (Å²) in [6, 6.07) is 6.79. The Kier molecular flexibility index (Phi) is 7.61. The van der Waals surface area contributed by atoms with Crippen LogP contribution in [0.2, 0.25) is 0 Å². The van der Waals surface area contributed by atoms with Crippen LogP contribution in [0, 0.1) is 5.92 Å². The van der Waals surface area contributed by atoms with Crippen LogP contribution in [-0.2, 0) is 11.2 Å². The largest absolute Gasteiger partial charge is 0.472 e. The van der Waals surface area contributed by atoms with Crippen LogP contribution < -0.4 is 4.74 Å². The molecular formula is C22H27BrN4O4. The van der Waals surface area contributed by atoms with Crippen molar-refractivity contribution in [1.82, 2.24) is 19.8 Å². The molecule has 0 unspecified atom stereocenters. The van der Waals surface area contributed by atoms with Crippen LogP contribution in [0.1, 0.15) is 29.9 Å². The van der Waals surface area contributed by atoms with Gasteiger partial charge in [-0.15, -0.1) is 0 Å². The maximum Gasteiger partial charge on any atom is 0.259 e. The van der Waals surface area contributed by atoms with E-state index in [0.29, 0.717) is 28.8 Å². The second kappa shape index (κ2) is 10.2. The van der Waals surface area contributed by atoms with Gasteiger partial charge in [0.15, 0.2) is 0 Å². The van der Waals surface area contributed by atoms with Gasteiger partial charge in [0.05, 0.1) is 25.6 Å². The second-order valence-corrected chi connectivity index (χ2v) is 8.82. The van der Waals surface area contributed by atoms with Gasteiger partial charge in [0.25, 0.3) is 5.91 Å². The number of carbonyl (C=O) groups excluding carboxylic acids is 2. The number of likely N-dealkylation sites (N-methyl/N-ethyl adjacent to an activating group) is 1. The molecule has 3 atom stereocenters. The molecule has 0 aromatic carbocycles. The Labute approximate surface area is 190 Å². The molecule has 166 valence electrons. The van der Waals surface area contributed by atoms with Crippen molar-refractivity contribution in [3.8, 4) is 5.88 Å². The van der Waals surface area contributed by atoms with E-state index in [1.54, 1.807) is 42.2 Å². The highest BCUT2D eigenvalue weighted by molar-refractivity contribution is 9.10. The van der Waals surface area contributed by atoms with Crippen molar-refractivity contribution in [2.75, 3.05) is 26.7 Å². The predicted octanol–water partition coefficient (Wildman–Crippen LogP) is 2.16. The lowest BCUT2D eigenvalue weighted by Gasteiger charge is -2.37. The van der Waals surface area contributed by atoms with Gasteiger partial charge in [-0.2, -0.15) is 0 Å². The number of nitrogens with zero attached hydrogens (tertiary/aromatic N) is 4. The minimum Gasteiger partial charge on any atom is -0.472 e. The number of hydrogen-bond acceptors (Lipinski definition) is 6. The molecule has 0 spiro atoms. The summed E-state index contributed by atoms with van der Waals surface area (Å²) in [5.41, 5.74) is 1.03. The molecule has 2 aromatic rings. The Morgan fingerprint density at radius 3 is 2.87 bits per heavy atom. The summed E-state index contributed by atoms with van der Waals surface area (Å²) >= 11 is 3.36. The van der Waals surface area contributed by atoms with E-state index < -0.39 is 0 Å². The van der Waals surface area contributed by atoms with E-state index in [1.807, 2.05) is 25.1 Å². The van der Waals surface area contributed by atoms with Gasteiger partial charge in [0.1, 0.15) is 11.7 Å². The third-order valence-electron chi connectivity index (χ3n) is 5.43. The van der Waals surface area contributed by atoms with Crippen LogP contribution >= 0.6 is 15.9 Å². The Hall–Kier alpha value is -2.52. The fraction of sp³-hybridized carbons (Fsp3) is 0.455. The lowest BCUT2D eigenvalue weighted by atomic mass is 10.00. The Morgan fingerprint density at radius 1 is 1.42 bits per heavy atom. The predicted molar refractivity (Wildman–Crippen MR) is 119 cm³/mol. The molecule has 8 nitrogen and oxygen atoms in total. The number of amides is 2. The lowest BCUT2D eigenvalue weighted by molar-refractivity contribution is -0.130. The summed E-state index contributed by atoms with van der Waals surface area (Å²) in [4.78, 5) is 37.6. The number of carbonyl (C=O) groups is 2. The summed E-state index contributed by atoms with van der Waals surface area (Å²) in [6.45, 7) is 4.34. The minimum absolute atomic E-state index is 0.0720. The first-order valence-corrected chi connectivity index (χ1v) is 11.0. The van der Waals surface area contributed by atoms with Crippen LogP contribution in [0.5, 0.6) is 5.88 Å². The lowest BCUT2D eigenvalue weighted by Crippen LogP contribution is -2.50. The number of aliphatic hydroxyl groups excluding tert-OH is 1. The van der Waals surface area contributed by atoms with Crippen LogP contribution in [0.4, 0.5) is 0 Å². The van der Waals surface area contributed by atoms with Gasteiger partial charge >= 0.3 is 0 Å². The number of ether oxygens (including phenoxy) is 1. The average molecular weight is 491 g/mol. The number of fused-ring (bicyclic) bond motifs is 1. The second-order valence-electron chi connectivity index (χ2n) is 7.90. The summed E-state index contributed by atoms with van der Waals surface area (Å²) in [5, 5.41) is 9.67. The standard InChI is InChI=1S/C22H27BrN4O4/c1-14-11-27(15(2)13-28)22(30)18-8-16(23)10-25-21(18)31-19(14)12-26(3)20(29)9-17-6-4-5-7-24-17/h4-8,10,14-15,19,28H,9,11-13H2,1-3H3/t14-,15+,19+/m1/s1. The highest BCUT2D eigenvalue weighted by Crippen LogP contribution is 2.28. The first-order chi connectivity index (χ1) is 14.8. The molecule has 0 fully saturated rings. The van der Waals surface area contributed by atoms with Crippen LogP contribution in [-0.4, -0.2) is 75.6 Å². The van der Waals surface area contributed by atoms with Gasteiger partial charge in [0.2, 0.25) is 11.8 Å². The molecule has 0 saturated carbocycles. The number of rotatable bonds is 6. The number of hydrogen-bond donors (Lipinski definition) is 1. The number of pyridine rings is 2. The van der Waals surface area contributed by atoms with Crippen LogP contribution in [0.15, 0.2) is 41.1 Å². The minimum atomic E-state index is -0.383. The summed E-state index contributed by atoms with van der Waals surface area (Å²) < 4.78 is 6.82. The van der Waals surface area contributed by atoms with Crippen molar-refractivity contribution in [2.45, 2.75) is 32.4 Å². The topological polar surface area (TPSA) is 95.9 Å². The molecule has 3 heterocycles. The maximum atomic E-state index is 13.1. The third kappa shape index (κ3) is 5.59. The molecule has 2 aromatic heterocycles. The molecule has 0 aliphatic carbocycles. The molecule has 0 bridgehead atoms. The summed E-state index contributed by atoms with van der Waals surface area (Å²) in [5.74, 6) is -0.181. The monoisotopic (exact) mass is 490 g/mol. The van der Waals surface area contributed by atoms with Crippen molar-refractivity contribution in [1.29, 1.82) is 0 Å². The summed E-state index contributed by atoms with van der Waals surface area (Å²) in [6.07, 6.45) is 3.06. The molecule has 1 aliphatic rings. The van der Waals surface area contributed by atoms with E-state index >= 15 is 0 Å². The fourth-order valence-electron chi connectivity index (χ4n) is 3.46. The van der Waals surface area contributed by atoms with Gasteiger partial charge in [-0.3, -0.25) is 14.6 Å². The van der Waals surface area contributed by atoms with Gasteiger partial charge in [0, 0.05) is 42.1 Å². The normalized spacial score (nSPS) is 19.6. The molecular weight excluding hydrogens is 464 g/mol. The molecule has 2 amide bonds. The van der Waals surface area contributed by atoms with Gasteiger partial charge in [-0.1, -0.05) is 13.0 Å². The Bertz CT molecular complexity index is 927. The first-order valence-electron chi connectivity index (χ1n) is 10.2. The quantitative estimate of drug-likeness (QED) is 0.666. The van der Waals surface area contributed by atoms with Crippen molar-refractivity contribution in [3.63, 3.8) is 0 Å². The first kappa shape index (κ1) is 23.1. The number of aromatic nitrogens is 2. The van der Waals surface area contributed by atoms with Gasteiger partial charge in [-0.05, 0) is 41.1 Å². The highest BCUT2D eigenvalue weighted by atomic mass is 79.9. The number of halogens is 1. The molecule has 0 radical (unpaired) electrons. The van der Waals surface area contributed by atoms with Gasteiger partial charge < -0.3 is 19.6 Å². The molecule has 9 heteroatoms. The van der Waals surface area contributed by atoms with Crippen LogP contribution in [0.25, 0.3) is 0 Å². The fourth-order valence-corrected chi connectivity index (χ4v) is 3.79. The SMILES string of the molecule is C[C@@H]1CN([C@@H](C)CO)C(=O)c2cc(Br)cnc2O[C@H]1CN(C)C(=O)Cc1ccccn1.